The molecule has 0 fully saturated rings. The average molecular weight is 305 g/mol. The van der Waals surface area contributed by atoms with E-state index in [-0.39, 0.29) is 0 Å². The van der Waals surface area contributed by atoms with Crippen molar-refractivity contribution in [3.8, 4) is 0 Å². The molecule has 0 radical (unpaired) electrons. The van der Waals surface area contributed by atoms with E-state index >= 15 is 0 Å². The number of sulfonamides is 1. The van der Waals surface area contributed by atoms with Crippen molar-refractivity contribution < 1.29 is 13.5 Å². The summed E-state index contributed by atoms with van der Waals surface area (Å²) in [6.45, 7) is 0. The fraction of sp³-hybridized carbons (Fsp3) is 0.250. The van der Waals surface area contributed by atoms with E-state index in [0.717, 1.165) is 11.8 Å². The number of nitrogens with one attached hydrogen (secondary N) is 1. The minimum atomic E-state index is -3.41. The van der Waals surface area contributed by atoms with E-state index in [1.54, 1.807) is 12.1 Å². The number of hydrogen-bond acceptors (Lipinski definition) is 3. The van der Waals surface area contributed by atoms with Crippen LogP contribution in [0.25, 0.3) is 0 Å². The Hall–Kier alpha value is -1.69. The maximum atomic E-state index is 11.5. The lowest BCUT2D eigenvalue weighted by Crippen LogP contribution is -2.40. The van der Waals surface area contributed by atoms with Gasteiger partial charge in [0, 0.05) is 0 Å². The van der Waals surface area contributed by atoms with Crippen molar-refractivity contribution in [3.05, 3.63) is 71.8 Å². The number of rotatable bonds is 6. The SMILES string of the molecule is CS(=O)(=O)N[C@@H](Cc1ccccc1)[C@H](O)c1ccccc1. The Labute approximate surface area is 125 Å². The fourth-order valence-corrected chi connectivity index (χ4v) is 3.01. The Morgan fingerprint density at radius 2 is 1.52 bits per heavy atom. The Morgan fingerprint density at radius 3 is 2.05 bits per heavy atom. The van der Waals surface area contributed by atoms with Crippen LogP contribution in [0.2, 0.25) is 0 Å². The minimum Gasteiger partial charge on any atom is -0.387 e. The van der Waals surface area contributed by atoms with Crippen LogP contribution in [0.5, 0.6) is 0 Å². The Bertz CT molecular complexity index is 656. The molecule has 112 valence electrons. The molecule has 0 aliphatic rings. The third kappa shape index (κ3) is 4.97. The molecule has 2 rings (SSSR count). The molecule has 0 amide bonds. The van der Waals surface area contributed by atoms with E-state index in [4.69, 9.17) is 0 Å². The van der Waals surface area contributed by atoms with Crippen molar-refractivity contribution in [3.63, 3.8) is 0 Å². The van der Waals surface area contributed by atoms with Gasteiger partial charge in [-0.15, -0.1) is 0 Å². The largest absolute Gasteiger partial charge is 0.387 e. The summed E-state index contributed by atoms with van der Waals surface area (Å²) in [4.78, 5) is 0. The summed E-state index contributed by atoms with van der Waals surface area (Å²) < 4.78 is 25.6. The molecule has 21 heavy (non-hydrogen) atoms. The standard InChI is InChI=1S/C16H19NO3S/c1-21(19,20)17-15(12-13-8-4-2-5-9-13)16(18)14-10-6-3-7-11-14/h2-11,15-18H,12H2,1H3/t15-,16+/m0/s1. The first-order valence-corrected chi connectivity index (χ1v) is 8.59. The maximum Gasteiger partial charge on any atom is 0.209 e. The van der Waals surface area contributed by atoms with Crippen molar-refractivity contribution in [2.75, 3.05) is 6.26 Å². The summed E-state index contributed by atoms with van der Waals surface area (Å²) >= 11 is 0. The number of hydrogen-bond donors (Lipinski definition) is 2. The van der Waals surface area contributed by atoms with E-state index in [1.165, 1.54) is 0 Å². The summed E-state index contributed by atoms with van der Waals surface area (Å²) in [5.74, 6) is 0. The topological polar surface area (TPSA) is 66.4 Å². The van der Waals surface area contributed by atoms with Crippen molar-refractivity contribution >= 4 is 10.0 Å². The molecule has 0 aliphatic heterocycles. The summed E-state index contributed by atoms with van der Waals surface area (Å²) in [6.07, 6.45) is 0.619. The molecule has 0 aromatic heterocycles. The molecule has 0 aliphatic carbocycles. The zero-order valence-electron chi connectivity index (χ0n) is 11.8. The molecule has 2 N–H and O–H groups in total. The summed E-state index contributed by atoms with van der Waals surface area (Å²) in [7, 11) is -3.41. The van der Waals surface area contributed by atoms with Gasteiger partial charge in [0.1, 0.15) is 0 Å². The van der Waals surface area contributed by atoms with Crippen LogP contribution in [-0.2, 0) is 16.4 Å². The monoisotopic (exact) mass is 305 g/mol. The molecule has 2 aromatic rings. The van der Waals surface area contributed by atoms with E-state index in [1.807, 2.05) is 48.5 Å². The van der Waals surface area contributed by atoms with Crippen LogP contribution >= 0.6 is 0 Å². The first-order valence-electron chi connectivity index (χ1n) is 6.70. The lowest BCUT2D eigenvalue weighted by molar-refractivity contribution is 0.139. The van der Waals surface area contributed by atoms with Crippen LogP contribution in [-0.4, -0.2) is 25.8 Å². The predicted molar refractivity (Wildman–Crippen MR) is 83.3 cm³/mol. The van der Waals surface area contributed by atoms with E-state index in [9.17, 15) is 13.5 Å². The van der Waals surface area contributed by atoms with Gasteiger partial charge in [0.05, 0.1) is 18.4 Å². The molecular weight excluding hydrogens is 286 g/mol. The molecule has 0 bridgehead atoms. The van der Waals surface area contributed by atoms with Crippen LogP contribution in [0, 0.1) is 0 Å². The maximum absolute atomic E-state index is 11.5. The lowest BCUT2D eigenvalue weighted by Gasteiger charge is -2.23. The molecule has 0 saturated heterocycles. The Balaban J connectivity index is 2.23. The minimum absolute atomic E-state index is 0.421. The molecular formula is C16H19NO3S. The summed E-state index contributed by atoms with van der Waals surface area (Å²) in [5.41, 5.74) is 1.66. The van der Waals surface area contributed by atoms with Crippen molar-refractivity contribution in [1.29, 1.82) is 0 Å². The lowest BCUT2D eigenvalue weighted by atomic mass is 9.97. The van der Waals surface area contributed by atoms with Gasteiger partial charge in [-0.2, -0.15) is 0 Å². The van der Waals surface area contributed by atoms with E-state index < -0.39 is 22.2 Å². The highest BCUT2D eigenvalue weighted by Gasteiger charge is 2.24. The molecule has 0 spiro atoms. The second-order valence-electron chi connectivity index (χ2n) is 5.04. The molecule has 0 unspecified atom stereocenters. The van der Waals surface area contributed by atoms with Crippen LogP contribution in [0.1, 0.15) is 17.2 Å². The first kappa shape index (κ1) is 15.7. The average Bonchev–Trinajstić information content (AvgIpc) is 2.46. The molecule has 2 aromatic carbocycles. The van der Waals surface area contributed by atoms with Crippen LogP contribution in [0.4, 0.5) is 0 Å². The summed E-state index contributed by atoms with van der Waals surface area (Å²) in [5, 5.41) is 10.5. The number of aliphatic hydroxyl groups is 1. The normalized spacial score (nSPS) is 14.6. The second kappa shape index (κ2) is 6.85. The van der Waals surface area contributed by atoms with Gasteiger partial charge in [0.15, 0.2) is 0 Å². The molecule has 0 heterocycles. The second-order valence-corrected chi connectivity index (χ2v) is 6.82. The first-order chi connectivity index (χ1) is 9.96. The van der Waals surface area contributed by atoms with Crippen molar-refractivity contribution in [1.82, 2.24) is 4.72 Å². The van der Waals surface area contributed by atoms with Gasteiger partial charge in [-0.1, -0.05) is 60.7 Å². The molecule has 5 heteroatoms. The van der Waals surface area contributed by atoms with Crippen LogP contribution in [0.15, 0.2) is 60.7 Å². The quantitative estimate of drug-likeness (QED) is 0.856. The highest BCUT2D eigenvalue weighted by Crippen LogP contribution is 2.20. The zero-order valence-corrected chi connectivity index (χ0v) is 12.6. The van der Waals surface area contributed by atoms with Crippen LogP contribution in [0.3, 0.4) is 0 Å². The van der Waals surface area contributed by atoms with Gasteiger partial charge in [-0.05, 0) is 17.5 Å². The highest BCUT2D eigenvalue weighted by atomic mass is 32.2. The highest BCUT2D eigenvalue weighted by molar-refractivity contribution is 7.88. The van der Waals surface area contributed by atoms with Gasteiger partial charge < -0.3 is 5.11 Å². The van der Waals surface area contributed by atoms with Gasteiger partial charge in [-0.3, -0.25) is 0 Å². The third-order valence-electron chi connectivity index (χ3n) is 3.19. The Kier molecular flexibility index (Phi) is 5.12. The van der Waals surface area contributed by atoms with E-state index in [0.29, 0.717) is 12.0 Å². The number of aliphatic hydroxyl groups excluding tert-OH is 1. The number of benzene rings is 2. The molecule has 4 nitrogen and oxygen atoms in total. The van der Waals surface area contributed by atoms with Crippen LogP contribution < -0.4 is 4.72 Å². The van der Waals surface area contributed by atoms with E-state index in [2.05, 4.69) is 4.72 Å². The Morgan fingerprint density at radius 1 is 1.00 bits per heavy atom. The molecule has 2 atom stereocenters. The third-order valence-corrected chi connectivity index (χ3v) is 3.92. The van der Waals surface area contributed by atoms with Gasteiger partial charge in [-0.25, -0.2) is 13.1 Å². The fourth-order valence-electron chi connectivity index (χ4n) is 2.24. The molecule has 0 saturated carbocycles. The van der Waals surface area contributed by atoms with Gasteiger partial charge >= 0.3 is 0 Å². The van der Waals surface area contributed by atoms with Gasteiger partial charge in [0.25, 0.3) is 0 Å². The van der Waals surface area contributed by atoms with Crippen molar-refractivity contribution in [2.24, 2.45) is 0 Å². The predicted octanol–water partition coefficient (Wildman–Crippen LogP) is 1.88. The smallest absolute Gasteiger partial charge is 0.209 e. The summed E-state index contributed by atoms with van der Waals surface area (Å²) in [6, 6.07) is 18.0. The zero-order chi connectivity index (χ0) is 15.3. The van der Waals surface area contributed by atoms with Crippen molar-refractivity contribution in [2.45, 2.75) is 18.6 Å². The van der Waals surface area contributed by atoms with Gasteiger partial charge in [0.2, 0.25) is 10.0 Å².